The highest BCUT2D eigenvalue weighted by atomic mass is 35.5. The minimum atomic E-state index is -0.507. The number of halogens is 1. The largest absolute Gasteiger partial charge is 0.320 e. The highest BCUT2D eigenvalue weighted by Crippen LogP contribution is 2.06. The van der Waals surface area contributed by atoms with Crippen LogP contribution in [0.4, 0.5) is 5.82 Å². The van der Waals surface area contributed by atoms with Crippen LogP contribution in [-0.2, 0) is 4.79 Å². The van der Waals surface area contributed by atoms with Crippen molar-refractivity contribution in [2.45, 2.75) is 25.8 Å². The Kier molecular flexibility index (Phi) is 4.45. The lowest BCUT2D eigenvalue weighted by molar-refractivity contribution is -0.117. The number of nitrogens with zero attached hydrogens (tertiary/aromatic N) is 2. The molecule has 0 bridgehead atoms. The zero-order chi connectivity index (χ0) is 11.3. The maximum Gasteiger partial charge on any atom is 0.242 e. The van der Waals surface area contributed by atoms with Gasteiger partial charge in [-0.05, 0) is 18.6 Å². The topological polar surface area (TPSA) is 80.9 Å². The molecule has 1 rings (SSSR count). The van der Waals surface area contributed by atoms with E-state index >= 15 is 0 Å². The molecule has 0 aliphatic rings. The molecule has 0 saturated carbocycles. The third-order valence-corrected chi connectivity index (χ3v) is 2.02. The summed E-state index contributed by atoms with van der Waals surface area (Å²) in [6.45, 7) is 1.97. The van der Waals surface area contributed by atoms with E-state index in [9.17, 15) is 4.79 Å². The molecule has 1 atom stereocenters. The van der Waals surface area contributed by atoms with Gasteiger partial charge in [0.25, 0.3) is 0 Å². The molecule has 6 heteroatoms. The highest BCUT2D eigenvalue weighted by Gasteiger charge is 2.12. The van der Waals surface area contributed by atoms with Crippen molar-refractivity contribution in [1.29, 1.82) is 0 Å². The van der Waals surface area contributed by atoms with E-state index < -0.39 is 6.04 Å². The van der Waals surface area contributed by atoms with E-state index in [1.807, 2.05) is 6.92 Å². The van der Waals surface area contributed by atoms with E-state index in [0.29, 0.717) is 12.2 Å². The van der Waals surface area contributed by atoms with Crippen LogP contribution in [-0.4, -0.2) is 22.1 Å². The van der Waals surface area contributed by atoms with Gasteiger partial charge in [0.1, 0.15) is 0 Å². The summed E-state index contributed by atoms with van der Waals surface area (Å²) in [7, 11) is 0. The Morgan fingerprint density at radius 2 is 2.33 bits per heavy atom. The van der Waals surface area contributed by atoms with Crippen molar-refractivity contribution < 1.29 is 4.79 Å². The van der Waals surface area contributed by atoms with Gasteiger partial charge in [-0.1, -0.05) is 24.9 Å². The molecule has 5 nitrogen and oxygen atoms in total. The van der Waals surface area contributed by atoms with Crippen molar-refractivity contribution in [3.8, 4) is 0 Å². The van der Waals surface area contributed by atoms with Gasteiger partial charge in [-0.3, -0.25) is 4.79 Å². The molecule has 0 spiro atoms. The Bertz CT molecular complexity index is 327. The molecule has 82 valence electrons. The van der Waals surface area contributed by atoms with Crippen LogP contribution in [0.25, 0.3) is 0 Å². The van der Waals surface area contributed by atoms with Crippen molar-refractivity contribution in [2.24, 2.45) is 5.73 Å². The van der Waals surface area contributed by atoms with Gasteiger partial charge in [-0.25, -0.2) is 0 Å². The predicted molar refractivity (Wildman–Crippen MR) is 58.6 cm³/mol. The molecule has 1 amide bonds. The van der Waals surface area contributed by atoms with Gasteiger partial charge >= 0.3 is 0 Å². The molecule has 0 aliphatic carbocycles. The molecular formula is C9H13ClN4O. The maximum atomic E-state index is 11.5. The minimum absolute atomic E-state index is 0.256. The summed E-state index contributed by atoms with van der Waals surface area (Å²) in [6, 6.07) is 2.62. The van der Waals surface area contributed by atoms with Crippen LogP contribution in [0.3, 0.4) is 0 Å². The van der Waals surface area contributed by atoms with E-state index in [4.69, 9.17) is 17.3 Å². The third-order valence-electron chi connectivity index (χ3n) is 1.82. The van der Waals surface area contributed by atoms with E-state index in [0.717, 1.165) is 6.42 Å². The summed E-state index contributed by atoms with van der Waals surface area (Å²) in [4.78, 5) is 11.5. The predicted octanol–water partition coefficient (Wildman–Crippen LogP) is 1.20. The average Bonchev–Trinajstić information content (AvgIpc) is 2.22. The Morgan fingerprint density at radius 3 is 2.87 bits per heavy atom. The molecule has 3 N–H and O–H groups in total. The van der Waals surface area contributed by atoms with E-state index in [1.54, 1.807) is 12.1 Å². The number of carbonyl (C=O) groups is 1. The first-order valence-corrected chi connectivity index (χ1v) is 5.07. The van der Waals surface area contributed by atoms with Crippen LogP contribution in [0.2, 0.25) is 5.15 Å². The summed E-state index contributed by atoms with van der Waals surface area (Å²) in [5.41, 5.74) is 5.62. The summed E-state index contributed by atoms with van der Waals surface area (Å²) < 4.78 is 0. The molecule has 1 heterocycles. The standard InChI is InChI=1S/C9H13ClN4O/c1-2-3-6(11)9(15)12-8-5-4-7(10)13-14-8/h4-6H,2-3,11H2,1H3,(H,12,14,15)/t6-/m1/s1. The van der Waals surface area contributed by atoms with Gasteiger partial charge in [0, 0.05) is 0 Å². The van der Waals surface area contributed by atoms with Crippen molar-refractivity contribution in [2.75, 3.05) is 5.32 Å². The van der Waals surface area contributed by atoms with E-state index in [1.165, 1.54) is 0 Å². The normalized spacial score (nSPS) is 12.2. The van der Waals surface area contributed by atoms with Gasteiger partial charge in [-0.15, -0.1) is 10.2 Å². The minimum Gasteiger partial charge on any atom is -0.320 e. The first-order valence-electron chi connectivity index (χ1n) is 4.69. The molecule has 15 heavy (non-hydrogen) atoms. The molecule has 0 unspecified atom stereocenters. The molecular weight excluding hydrogens is 216 g/mol. The number of anilines is 1. The molecule has 0 aliphatic heterocycles. The zero-order valence-corrected chi connectivity index (χ0v) is 9.16. The second kappa shape index (κ2) is 5.63. The van der Waals surface area contributed by atoms with E-state index in [-0.39, 0.29) is 11.1 Å². The van der Waals surface area contributed by atoms with Crippen LogP contribution >= 0.6 is 11.6 Å². The van der Waals surface area contributed by atoms with Crippen LogP contribution in [0.1, 0.15) is 19.8 Å². The van der Waals surface area contributed by atoms with Gasteiger partial charge in [-0.2, -0.15) is 0 Å². The zero-order valence-electron chi connectivity index (χ0n) is 8.40. The number of hydrogen-bond acceptors (Lipinski definition) is 4. The van der Waals surface area contributed by atoms with Crippen LogP contribution in [0, 0.1) is 0 Å². The van der Waals surface area contributed by atoms with Crippen LogP contribution in [0.15, 0.2) is 12.1 Å². The lowest BCUT2D eigenvalue weighted by atomic mass is 10.2. The Hall–Kier alpha value is -1.20. The number of rotatable bonds is 4. The van der Waals surface area contributed by atoms with Gasteiger partial charge in [0.2, 0.25) is 5.91 Å². The SMILES string of the molecule is CCC[C@@H](N)C(=O)Nc1ccc(Cl)nn1. The number of amides is 1. The number of nitrogens with two attached hydrogens (primary N) is 1. The Morgan fingerprint density at radius 1 is 1.60 bits per heavy atom. The molecule has 1 aromatic heterocycles. The van der Waals surface area contributed by atoms with Crippen molar-refractivity contribution in [3.05, 3.63) is 17.3 Å². The maximum absolute atomic E-state index is 11.5. The summed E-state index contributed by atoms with van der Waals surface area (Å²) >= 11 is 5.55. The quantitative estimate of drug-likeness (QED) is 0.811. The highest BCUT2D eigenvalue weighted by molar-refractivity contribution is 6.29. The summed E-state index contributed by atoms with van der Waals surface area (Å²) in [6.07, 6.45) is 1.51. The number of hydrogen-bond donors (Lipinski definition) is 2. The molecule has 0 aromatic carbocycles. The smallest absolute Gasteiger partial charge is 0.242 e. The lowest BCUT2D eigenvalue weighted by Gasteiger charge is -2.09. The summed E-state index contributed by atoms with van der Waals surface area (Å²) in [5.74, 6) is 0.101. The number of carbonyl (C=O) groups excluding carboxylic acids is 1. The Balaban J connectivity index is 2.54. The molecule has 0 fully saturated rings. The van der Waals surface area contributed by atoms with Crippen molar-refractivity contribution in [3.63, 3.8) is 0 Å². The fourth-order valence-electron chi connectivity index (χ4n) is 1.04. The number of aromatic nitrogens is 2. The first-order chi connectivity index (χ1) is 7.13. The monoisotopic (exact) mass is 228 g/mol. The molecule has 0 saturated heterocycles. The van der Waals surface area contributed by atoms with E-state index in [2.05, 4.69) is 15.5 Å². The second-order valence-corrected chi connectivity index (χ2v) is 3.51. The van der Waals surface area contributed by atoms with Crippen molar-refractivity contribution >= 4 is 23.3 Å². The fourth-order valence-corrected chi connectivity index (χ4v) is 1.14. The third kappa shape index (κ3) is 3.81. The van der Waals surface area contributed by atoms with Crippen LogP contribution < -0.4 is 11.1 Å². The molecule has 0 radical (unpaired) electrons. The second-order valence-electron chi connectivity index (χ2n) is 3.13. The van der Waals surface area contributed by atoms with Gasteiger partial charge in [0.05, 0.1) is 6.04 Å². The Labute approximate surface area is 93.0 Å². The first kappa shape index (κ1) is 11.9. The van der Waals surface area contributed by atoms with Crippen molar-refractivity contribution in [1.82, 2.24) is 10.2 Å². The van der Waals surface area contributed by atoms with Gasteiger partial charge in [0.15, 0.2) is 11.0 Å². The summed E-state index contributed by atoms with van der Waals surface area (Å²) in [5, 5.41) is 10.1. The lowest BCUT2D eigenvalue weighted by Crippen LogP contribution is -2.35. The fraction of sp³-hybridized carbons (Fsp3) is 0.444. The van der Waals surface area contributed by atoms with Gasteiger partial charge < -0.3 is 11.1 Å². The van der Waals surface area contributed by atoms with Crippen LogP contribution in [0.5, 0.6) is 0 Å². The number of nitrogens with one attached hydrogen (secondary N) is 1. The average molecular weight is 229 g/mol. The molecule has 1 aromatic rings.